The molecule has 1 aliphatic rings. The molecule has 1 fully saturated rings. The summed E-state index contributed by atoms with van der Waals surface area (Å²) in [6, 6.07) is 17.9. The van der Waals surface area contributed by atoms with Crippen molar-refractivity contribution >= 4 is 17.5 Å². The predicted octanol–water partition coefficient (Wildman–Crippen LogP) is 3.35. The first kappa shape index (κ1) is 16.0. The summed E-state index contributed by atoms with van der Waals surface area (Å²) in [4.78, 5) is 12.5. The average Bonchev–Trinajstić information content (AvgIpc) is 3.12. The Labute approximate surface area is 142 Å². The summed E-state index contributed by atoms with van der Waals surface area (Å²) in [7, 11) is 0. The van der Waals surface area contributed by atoms with Crippen molar-refractivity contribution in [1.82, 2.24) is 10.6 Å². The van der Waals surface area contributed by atoms with E-state index in [1.54, 1.807) is 0 Å². The molecule has 2 atom stereocenters. The topological polar surface area (TPSA) is 41.1 Å². The van der Waals surface area contributed by atoms with E-state index in [4.69, 9.17) is 11.6 Å². The Morgan fingerprint density at radius 3 is 2.57 bits per heavy atom. The van der Waals surface area contributed by atoms with Gasteiger partial charge in [0.05, 0.1) is 12.0 Å². The van der Waals surface area contributed by atoms with Crippen LogP contribution in [-0.2, 0) is 11.2 Å². The Bertz CT molecular complexity index is 636. The van der Waals surface area contributed by atoms with Crippen molar-refractivity contribution in [3.63, 3.8) is 0 Å². The van der Waals surface area contributed by atoms with E-state index in [1.807, 2.05) is 42.5 Å². The number of carbonyl (C=O) groups excluding carboxylic acids is 1. The molecule has 23 heavy (non-hydrogen) atoms. The van der Waals surface area contributed by atoms with Gasteiger partial charge in [-0.15, -0.1) is 0 Å². The van der Waals surface area contributed by atoms with Crippen LogP contribution in [0.2, 0.25) is 5.02 Å². The van der Waals surface area contributed by atoms with Crippen molar-refractivity contribution in [3.8, 4) is 0 Å². The van der Waals surface area contributed by atoms with Gasteiger partial charge < -0.3 is 10.6 Å². The molecule has 2 N–H and O–H groups in total. The first-order valence-corrected chi connectivity index (χ1v) is 8.40. The lowest BCUT2D eigenvalue weighted by Gasteiger charge is -2.21. The average molecular weight is 329 g/mol. The van der Waals surface area contributed by atoms with E-state index in [0.29, 0.717) is 0 Å². The lowest BCUT2D eigenvalue weighted by atomic mass is 9.97. The van der Waals surface area contributed by atoms with Crippen LogP contribution in [0.4, 0.5) is 0 Å². The zero-order chi connectivity index (χ0) is 16.1. The largest absolute Gasteiger partial charge is 0.349 e. The maximum atomic E-state index is 12.5. The first-order valence-electron chi connectivity index (χ1n) is 8.03. The number of benzene rings is 2. The van der Waals surface area contributed by atoms with Crippen LogP contribution in [-0.4, -0.2) is 19.0 Å². The lowest BCUT2D eigenvalue weighted by Crippen LogP contribution is -2.35. The minimum atomic E-state index is -0.0227. The lowest BCUT2D eigenvalue weighted by molar-refractivity contribution is -0.125. The molecule has 0 aromatic heterocycles. The van der Waals surface area contributed by atoms with Gasteiger partial charge in [0.25, 0.3) is 0 Å². The Morgan fingerprint density at radius 1 is 1.17 bits per heavy atom. The van der Waals surface area contributed by atoms with E-state index >= 15 is 0 Å². The van der Waals surface area contributed by atoms with Crippen LogP contribution in [0, 0.1) is 5.92 Å². The van der Waals surface area contributed by atoms with Gasteiger partial charge in [0, 0.05) is 11.6 Å². The summed E-state index contributed by atoms with van der Waals surface area (Å²) in [5.41, 5.74) is 2.29. The minimum Gasteiger partial charge on any atom is -0.349 e. The molecule has 3 rings (SSSR count). The molecule has 0 saturated carbocycles. The fourth-order valence-electron chi connectivity index (χ4n) is 2.96. The number of carbonyl (C=O) groups is 1. The van der Waals surface area contributed by atoms with Crippen molar-refractivity contribution in [2.45, 2.75) is 18.9 Å². The summed E-state index contributed by atoms with van der Waals surface area (Å²) >= 11 is 5.96. The molecule has 1 heterocycles. The molecule has 0 radical (unpaired) electrons. The van der Waals surface area contributed by atoms with Crippen molar-refractivity contribution in [2.24, 2.45) is 5.92 Å². The Kier molecular flexibility index (Phi) is 5.31. The second-order valence-corrected chi connectivity index (χ2v) is 6.43. The smallest absolute Gasteiger partial charge is 0.224 e. The Morgan fingerprint density at radius 2 is 1.91 bits per heavy atom. The number of halogens is 1. The molecule has 2 unspecified atom stereocenters. The monoisotopic (exact) mass is 328 g/mol. The summed E-state index contributed by atoms with van der Waals surface area (Å²) in [6.07, 6.45) is 1.67. The standard InChI is InChI=1S/C19H21ClN2O/c20-17-8-6-14(7-9-17)12-18(15-4-2-1-3-5-15)22-19(23)16-10-11-21-13-16/h1-9,16,18,21H,10-13H2,(H,22,23). The molecule has 4 heteroatoms. The summed E-state index contributed by atoms with van der Waals surface area (Å²) < 4.78 is 0. The Balaban J connectivity index is 1.76. The number of hydrogen-bond donors (Lipinski definition) is 2. The van der Waals surface area contributed by atoms with Crippen LogP contribution < -0.4 is 10.6 Å². The molecule has 120 valence electrons. The zero-order valence-corrected chi connectivity index (χ0v) is 13.7. The predicted molar refractivity (Wildman–Crippen MR) is 93.5 cm³/mol. The van der Waals surface area contributed by atoms with Crippen LogP contribution in [0.15, 0.2) is 54.6 Å². The third kappa shape index (κ3) is 4.34. The van der Waals surface area contributed by atoms with Crippen LogP contribution in [0.25, 0.3) is 0 Å². The molecular weight excluding hydrogens is 308 g/mol. The molecule has 1 aliphatic heterocycles. The first-order chi connectivity index (χ1) is 11.2. The number of nitrogens with one attached hydrogen (secondary N) is 2. The van der Waals surface area contributed by atoms with Gasteiger partial charge in [-0.2, -0.15) is 0 Å². The van der Waals surface area contributed by atoms with Gasteiger partial charge >= 0.3 is 0 Å². The maximum absolute atomic E-state index is 12.5. The van der Waals surface area contributed by atoms with Crippen LogP contribution in [0.1, 0.15) is 23.6 Å². The van der Waals surface area contributed by atoms with E-state index < -0.39 is 0 Å². The van der Waals surface area contributed by atoms with Gasteiger partial charge in [0.1, 0.15) is 0 Å². The zero-order valence-electron chi connectivity index (χ0n) is 13.0. The van der Waals surface area contributed by atoms with Crippen molar-refractivity contribution in [1.29, 1.82) is 0 Å². The maximum Gasteiger partial charge on any atom is 0.224 e. The molecule has 1 saturated heterocycles. The van der Waals surface area contributed by atoms with Gasteiger partial charge in [-0.25, -0.2) is 0 Å². The highest BCUT2D eigenvalue weighted by molar-refractivity contribution is 6.30. The van der Waals surface area contributed by atoms with Crippen LogP contribution >= 0.6 is 11.6 Å². The van der Waals surface area contributed by atoms with Crippen LogP contribution in [0.5, 0.6) is 0 Å². The van der Waals surface area contributed by atoms with Gasteiger partial charge in [0.2, 0.25) is 5.91 Å². The van der Waals surface area contributed by atoms with E-state index in [1.165, 1.54) is 0 Å². The number of amides is 1. The van der Waals surface area contributed by atoms with E-state index in [2.05, 4.69) is 22.8 Å². The number of rotatable bonds is 5. The van der Waals surface area contributed by atoms with E-state index in [9.17, 15) is 4.79 Å². The van der Waals surface area contributed by atoms with Crippen LogP contribution in [0.3, 0.4) is 0 Å². The Hall–Kier alpha value is -1.84. The van der Waals surface area contributed by atoms with Gasteiger partial charge in [0.15, 0.2) is 0 Å². The molecule has 0 bridgehead atoms. The molecule has 0 spiro atoms. The highest BCUT2D eigenvalue weighted by atomic mass is 35.5. The van der Waals surface area contributed by atoms with Crippen molar-refractivity contribution in [3.05, 3.63) is 70.7 Å². The summed E-state index contributed by atoms with van der Waals surface area (Å²) in [5.74, 6) is 0.212. The van der Waals surface area contributed by atoms with Crippen molar-refractivity contribution < 1.29 is 4.79 Å². The second kappa shape index (κ2) is 7.62. The molecule has 1 amide bonds. The molecular formula is C19H21ClN2O. The fourth-order valence-corrected chi connectivity index (χ4v) is 3.09. The second-order valence-electron chi connectivity index (χ2n) is 5.99. The highest BCUT2D eigenvalue weighted by Gasteiger charge is 2.25. The molecule has 0 aliphatic carbocycles. The SMILES string of the molecule is O=C(NC(Cc1ccc(Cl)cc1)c1ccccc1)C1CCNC1. The third-order valence-electron chi connectivity index (χ3n) is 4.30. The molecule has 2 aromatic carbocycles. The highest BCUT2D eigenvalue weighted by Crippen LogP contribution is 2.21. The normalized spacial score (nSPS) is 18.6. The number of hydrogen-bond acceptors (Lipinski definition) is 2. The van der Waals surface area contributed by atoms with Gasteiger partial charge in [-0.1, -0.05) is 54.1 Å². The quantitative estimate of drug-likeness (QED) is 0.883. The van der Waals surface area contributed by atoms with Gasteiger partial charge in [-0.3, -0.25) is 4.79 Å². The summed E-state index contributed by atoms with van der Waals surface area (Å²) in [5, 5.41) is 7.20. The van der Waals surface area contributed by atoms with E-state index in [-0.39, 0.29) is 17.9 Å². The summed E-state index contributed by atoms with van der Waals surface area (Å²) in [6.45, 7) is 1.69. The third-order valence-corrected chi connectivity index (χ3v) is 4.55. The van der Waals surface area contributed by atoms with Gasteiger partial charge in [-0.05, 0) is 42.6 Å². The molecule has 2 aromatic rings. The van der Waals surface area contributed by atoms with E-state index in [0.717, 1.165) is 42.1 Å². The minimum absolute atomic E-state index is 0.0227. The molecule has 3 nitrogen and oxygen atoms in total. The van der Waals surface area contributed by atoms with Crippen molar-refractivity contribution in [2.75, 3.05) is 13.1 Å². The fraction of sp³-hybridized carbons (Fsp3) is 0.316.